The van der Waals surface area contributed by atoms with Crippen LogP contribution in [0.2, 0.25) is 0 Å². The fourth-order valence-corrected chi connectivity index (χ4v) is 2.97. The smallest absolute Gasteiger partial charge is 0.123 e. The summed E-state index contributed by atoms with van der Waals surface area (Å²) in [6.07, 6.45) is 1.87. The summed E-state index contributed by atoms with van der Waals surface area (Å²) in [7, 11) is 0. The van der Waals surface area contributed by atoms with Crippen LogP contribution in [0.25, 0.3) is 0 Å². The second-order valence-corrected chi connectivity index (χ2v) is 6.07. The number of hydrogen-bond acceptors (Lipinski definition) is 5. The molecular weight excluding hydrogens is 240 g/mol. The largest absolute Gasteiger partial charge is 0.384 e. The number of nitrogens with zero attached hydrogens (tertiary/aromatic N) is 3. The van der Waals surface area contributed by atoms with E-state index in [2.05, 4.69) is 34.7 Å². The zero-order valence-corrected chi connectivity index (χ0v) is 11.7. The lowest BCUT2D eigenvalue weighted by atomic mass is 9.96. The number of nitrogen functional groups attached to an aromatic ring is 1. The molecule has 5 nitrogen and oxygen atoms in total. The minimum absolute atomic E-state index is 0.103. The highest BCUT2D eigenvalue weighted by molar-refractivity contribution is 5.50. The first-order valence-electron chi connectivity index (χ1n) is 6.87. The molecule has 5 heteroatoms. The molecule has 2 aliphatic rings. The van der Waals surface area contributed by atoms with Gasteiger partial charge in [0.2, 0.25) is 0 Å². The number of aromatic nitrogens is 1. The standard InChI is InChI=1S/C14H22N4O/c1-14(2)10-17(12-8-19-9-12)5-6-18(14)11-3-4-13(15)16-7-11/h3-4,7,12H,5-6,8-10H2,1-2H3,(H2,15,16). The van der Waals surface area contributed by atoms with Crippen molar-refractivity contribution >= 4 is 11.5 Å². The van der Waals surface area contributed by atoms with Crippen molar-refractivity contribution in [1.29, 1.82) is 0 Å². The van der Waals surface area contributed by atoms with Crippen LogP contribution >= 0.6 is 0 Å². The molecule has 0 aromatic carbocycles. The van der Waals surface area contributed by atoms with E-state index in [1.807, 2.05) is 12.3 Å². The molecule has 0 atom stereocenters. The molecule has 2 saturated heterocycles. The number of nitrogens with two attached hydrogens (primary N) is 1. The number of anilines is 2. The zero-order chi connectivity index (χ0) is 13.5. The van der Waals surface area contributed by atoms with Crippen molar-refractivity contribution in [2.24, 2.45) is 0 Å². The van der Waals surface area contributed by atoms with Crippen LogP contribution in [0.5, 0.6) is 0 Å². The molecule has 0 amide bonds. The molecule has 0 radical (unpaired) electrons. The van der Waals surface area contributed by atoms with Gasteiger partial charge in [-0.3, -0.25) is 4.90 Å². The molecule has 19 heavy (non-hydrogen) atoms. The predicted molar refractivity (Wildman–Crippen MR) is 76.3 cm³/mol. The van der Waals surface area contributed by atoms with Gasteiger partial charge in [-0.05, 0) is 26.0 Å². The minimum atomic E-state index is 0.103. The number of pyridine rings is 1. The molecule has 3 heterocycles. The summed E-state index contributed by atoms with van der Waals surface area (Å²) in [6, 6.07) is 4.55. The maximum atomic E-state index is 5.66. The van der Waals surface area contributed by atoms with E-state index in [1.54, 1.807) is 0 Å². The van der Waals surface area contributed by atoms with Gasteiger partial charge in [0.25, 0.3) is 0 Å². The van der Waals surface area contributed by atoms with Crippen molar-refractivity contribution < 1.29 is 4.74 Å². The first kappa shape index (κ1) is 12.7. The summed E-state index contributed by atoms with van der Waals surface area (Å²) in [5.41, 5.74) is 6.92. The molecule has 0 spiro atoms. The molecule has 1 aromatic heterocycles. The average Bonchev–Trinajstić information content (AvgIpc) is 2.27. The topological polar surface area (TPSA) is 54.6 Å². The quantitative estimate of drug-likeness (QED) is 0.860. The monoisotopic (exact) mass is 262 g/mol. The molecular formula is C14H22N4O. The highest BCUT2D eigenvalue weighted by atomic mass is 16.5. The maximum Gasteiger partial charge on any atom is 0.123 e. The van der Waals surface area contributed by atoms with Crippen LogP contribution in [0.3, 0.4) is 0 Å². The molecule has 0 unspecified atom stereocenters. The van der Waals surface area contributed by atoms with E-state index in [-0.39, 0.29) is 5.54 Å². The first-order valence-corrected chi connectivity index (χ1v) is 6.87. The third-order valence-corrected chi connectivity index (χ3v) is 4.15. The van der Waals surface area contributed by atoms with Gasteiger partial charge in [-0.1, -0.05) is 0 Å². The van der Waals surface area contributed by atoms with Crippen molar-refractivity contribution in [3.8, 4) is 0 Å². The Labute approximate surface area is 114 Å². The molecule has 0 aliphatic carbocycles. The van der Waals surface area contributed by atoms with Crippen molar-refractivity contribution in [1.82, 2.24) is 9.88 Å². The third kappa shape index (κ3) is 2.40. The highest BCUT2D eigenvalue weighted by Crippen LogP contribution is 2.29. The lowest BCUT2D eigenvalue weighted by molar-refractivity contribution is -0.0741. The Bertz CT molecular complexity index is 441. The lowest BCUT2D eigenvalue weighted by Gasteiger charge is -2.51. The summed E-state index contributed by atoms with van der Waals surface area (Å²) >= 11 is 0. The average molecular weight is 262 g/mol. The SMILES string of the molecule is CC1(C)CN(C2COC2)CCN1c1ccc(N)nc1. The van der Waals surface area contributed by atoms with Gasteiger partial charge in [0.15, 0.2) is 0 Å². The van der Waals surface area contributed by atoms with Crippen LogP contribution < -0.4 is 10.6 Å². The van der Waals surface area contributed by atoms with Crippen LogP contribution in [-0.2, 0) is 4.74 Å². The van der Waals surface area contributed by atoms with Crippen molar-refractivity contribution in [3.63, 3.8) is 0 Å². The van der Waals surface area contributed by atoms with Gasteiger partial charge in [-0.15, -0.1) is 0 Å². The molecule has 0 saturated carbocycles. The molecule has 0 bridgehead atoms. The van der Waals surface area contributed by atoms with E-state index < -0.39 is 0 Å². The van der Waals surface area contributed by atoms with Crippen LogP contribution in [0, 0.1) is 0 Å². The number of hydrogen-bond donors (Lipinski definition) is 1. The fourth-order valence-electron chi connectivity index (χ4n) is 2.97. The van der Waals surface area contributed by atoms with Crippen LogP contribution in [0.1, 0.15) is 13.8 Å². The Balaban J connectivity index is 1.74. The fraction of sp³-hybridized carbons (Fsp3) is 0.643. The van der Waals surface area contributed by atoms with Gasteiger partial charge >= 0.3 is 0 Å². The van der Waals surface area contributed by atoms with Crippen molar-refractivity contribution in [2.45, 2.75) is 25.4 Å². The van der Waals surface area contributed by atoms with E-state index >= 15 is 0 Å². The lowest BCUT2D eigenvalue weighted by Crippen LogP contribution is -2.64. The summed E-state index contributed by atoms with van der Waals surface area (Å²) in [6.45, 7) is 9.52. The number of ether oxygens (including phenoxy) is 1. The Morgan fingerprint density at radius 3 is 2.63 bits per heavy atom. The van der Waals surface area contributed by atoms with Crippen molar-refractivity contribution in [3.05, 3.63) is 18.3 Å². The summed E-state index contributed by atoms with van der Waals surface area (Å²) < 4.78 is 5.30. The van der Waals surface area contributed by atoms with Gasteiger partial charge < -0.3 is 15.4 Å². The van der Waals surface area contributed by atoms with E-state index in [1.165, 1.54) is 0 Å². The molecule has 2 fully saturated rings. The van der Waals surface area contributed by atoms with Crippen LogP contribution in [-0.4, -0.2) is 54.3 Å². The highest BCUT2D eigenvalue weighted by Gasteiger charge is 2.38. The predicted octanol–water partition coefficient (Wildman–Crippen LogP) is 0.963. The molecule has 2 N–H and O–H groups in total. The van der Waals surface area contributed by atoms with Gasteiger partial charge in [0.05, 0.1) is 31.1 Å². The van der Waals surface area contributed by atoms with E-state index in [4.69, 9.17) is 10.5 Å². The third-order valence-electron chi connectivity index (χ3n) is 4.15. The van der Waals surface area contributed by atoms with Gasteiger partial charge in [0, 0.05) is 25.2 Å². The van der Waals surface area contributed by atoms with Crippen molar-refractivity contribution in [2.75, 3.05) is 43.5 Å². The normalized spacial score (nSPS) is 24.2. The minimum Gasteiger partial charge on any atom is -0.384 e. The Morgan fingerprint density at radius 1 is 1.32 bits per heavy atom. The first-order chi connectivity index (χ1) is 9.06. The van der Waals surface area contributed by atoms with E-state index in [9.17, 15) is 0 Å². The number of rotatable bonds is 2. The summed E-state index contributed by atoms with van der Waals surface area (Å²) in [4.78, 5) is 9.18. The van der Waals surface area contributed by atoms with Gasteiger partial charge in [0.1, 0.15) is 5.82 Å². The molecule has 1 aromatic rings. The summed E-state index contributed by atoms with van der Waals surface area (Å²) in [5.74, 6) is 0.576. The second kappa shape index (κ2) is 4.65. The van der Waals surface area contributed by atoms with Gasteiger partial charge in [-0.2, -0.15) is 0 Å². The summed E-state index contributed by atoms with van der Waals surface area (Å²) in [5, 5.41) is 0. The number of piperazine rings is 1. The Hall–Kier alpha value is -1.33. The molecule has 2 aliphatic heterocycles. The second-order valence-electron chi connectivity index (χ2n) is 6.07. The zero-order valence-electron chi connectivity index (χ0n) is 11.7. The van der Waals surface area contributed by atoms with E-state index in [0.717, 1.165) is 38.5 Å². The maximum absolute atomic E-state index is 5.66. The van der Waals surface area contributed by atoms with Gasteiger partial charge in [-0.25, -0.2) is 4.98 Å². The van der Waals surface area contributed by atoms with Crippen LogP contribution in [0.4, 0.5) is 11.5 Å². The Morgan fingerprint density at radius 2 is 2.11 bits per heavy atom. The van der Waals surface area contributed by atoms with E-state index in [0.29, 0.717) is 11.9 Å². The molecule has 104 valence electrons. The van der Waals surface area contributed by atoms with Crippen LogP contribution in [0.15, 0.2) is 18.3 Å². The molecule has 3 rings (SSSR count). The Kier molecular flexibility index (Phi) is 3.11.